The molecule has 0 unspecified atom stereocenters. The Kier molecular flexibility index (Phi) is 24.5. The summed E-state index contributed by atoms with van der Waals surface area (Å²) in [7, 11) is 0. The second kappa shape index (κ2) is 29.9. The molecule has 3 amide bonds. The van der Waals surface area contributed by atoms with Crippen LogP contribution in [0, 0.1) is 0 Å². The van der Waals surface area contributed by atoms with Crippen molar-refractivity contribution >= 4 is 17.7 Å². The second-order valence-corrected chi connectivity index (χ2v) is 21.8. The lowest BCUT2D eigenvalue weighted by Crippen LogP contribution is -2.72. The molecular formula is C48H81N3O34. The van der Waals surface area contributed by atoms with Crippen molar-refractivity contribution in [1.82, 2.24) is 16.0 Å². The monoisotopic (exact) mass is 1240 g/mol. The summed E-state index contributed by atoms with van der Waals surface area (Å²) in [4.78, 5) is 38.8. The van der Waals surface area contributed by atoms with Crippen LogP contribution in [0.15, 0.2) is 0 Å². The van der Waals surface area contributed by atoms with Gasteiger partial charge in [0, 0.05) is 20.8 Å². The van der Waals surface area contributed by atoms with Crippen molar-refractivity contribution in [3.63, 3.8) is 0 Å². The van der Waals surface area contributed by atoms with Gasteiger partial charge in [-0.25, -0.2) is 0 Å². The van der Waals surface area contributed by atoms with E-state index in [1.54, 1.807) is 0 Å². The van der Waals surface area contributed by atoms with Gasteiger partial charge in [0.1, 0.15) is 159 Å². The third-order valence-corrected chi connectivity index (χ3v) is 15.7. The lowest BCUT2D eigenvalue weighted by molar-refractivity contribution is -0.383. The predicted octanol–water partition coefficient (Wildman–Crippen LogP) is -13.8. The molecule has 0 bridgehead atoms. The first-order valence-electron chi connectivity index (χ1n) is 27.3. The van der Waals surface area contributed by atoms with Gasteiger partial charge in [-0.2, -0.15) is 0 Å². The van der Waals surface area contributed by atoms with Gasteiger partial charge in [-0.1, -0.05) is 0 Å². The Hall–Kier alpha value is -2.83. The molecule has 7 fully saturated rings. The van der Waals surface area contributed by atoms with Crippen molar-refractivity contribution < 1.29 is 168 Å². The van der Waals surface area contributed by atoms with Gasteiger partial charge in [0.15, 0.2) is 44.0 Å². The quantitative estimate of drug-likeness (QED) is 0.0538. The normalized spacial score (nSPS) is 49.8. The van der Waals surface area contributed by atoms with Crippen LogP contribution < -0.4 is 16.0 Å². The molecular weight excluding hydrogens is 1160 g/mol. The number of rotatable bonds is 20. The summed E-state index contributed by atoms with van der Waals surface area (Å²) >= 11 is 0. The zero-order valence-corrected chi connectivity index (χ0v) is 46.3. The van der Waals surface area contributed by atoms with Crippen LogP contribution in [0.25, 0.3) is 0 Å². The summed E-state index contributed by atoms with van der Waals surface area (Å²) in [6.45, 7) is 0.713. The van der Waals surface area contributed by atoms with E-state index in [1.165, 1.54) is 13.8 Å². The van der Waals surface area contributed by atoms with Crippen LogP contribution in [0.1, 0.15) is 34.6 Å². The molecule has 0 aromatic carbocycles. The van der Waals surface area contributed by atoms with Gasteiger partial charge < -0.3 is 169 Å². The van der Waals surface area contributed by atoms with E-state index >= 15 is 0 Å². The Labute approximate surface area is 483 Å². The highest BCUT2D eigenvalue weighted by atomic mass is 16.8. The Morgan fingerprint density at radius 1 is 0.329 bits per heavy atom. The molecule has 0 aliphatic carbocycles. The largest absolute Gasteiger partial charge is 0.394 e. The number of aliphatic hydroxyl groups excluding tert-OH is 18. The van der Waals surface area contributed by atoms with Crippen molar-refractivity contribution in [2.75, 3.05) is 33.0 Å². The van der Waals surface area contributed by atoms with Crippen LogP contribution in [0.2, 0.25) is 0 Å². The summed E-state index contributed by atoms with van der Waals surface area (Å²) in [5.41, 5.74) is 0. The molecule has 21 N–H and O–H groups in total. The molecule has 0 saturated carbocycles. The first kappa shape index (κ1) is 69.6. The number of hydrogen-bond acceptors (Lipinski definition) is 34. The first-order valence-corrected chi connectivity index (χ1v) is 27.3. The van der Waals surface area contributed by atoms with Gasteiger partial charge >= 0.3 is 0 Å². The number of amides is 3. The van der Waals surface area contributed by atoms with Crippen LogP contribution in [-0.2, 0) is 76.0 Å². The maximum atomic E-state index is 13.2. The molecule has 0 aromatic heterocycles. The van der Waals surface area contributed by atoms with Gasteiger partial charge in [-0.15, -0.1) is 0 Å². The number of ether oxygens (including phenoxy) is 13. The van der Waals surface area contributed by atoms with E-state index in [-0.39, 0.29) is 0 Å². The summed E-state index contributed by atoms with van der Waals surface area (Å²) in [6, 6.07) is -5.33. The molecule has 7 rings (SSSR count). The zero-order chi connectivity index (χ0) is 62.8. The molecule has 0 radical (unpaired) electrons. The van der Waals surface area contributed by atoms with Crippen LogP contribution in [-0.4, -0.2) is 357 Å². The molecule has 85 heavy (non-hydrogen) atoms. The third-order valence-electron chi connectivity index (χ3n) is 15.7. The minimum absolute atomic E-state index is 0.825. The Morgan fingerprint density at radius 3 is 1.19 bits per heavy atom. The Bertz CT molecular complexity index is 2150. The SMILES string of the molecule is CC(=O)N[C@@H]1[C@@H](O[C@@H]2O[C@H](CO)[C@H](O)[C@H](O)[C@H]2O[C@@H]2O[C@@H](C)[C@@H](O)[C@@H](O)[C@@H]2O)[C@@H](O)[C@@H](CO[C@@H]2O[C@H](CO)[C@@H](O)[C@H](O[C@@H]3O[C@H](CO)[C@@H](O[C@@H]4O[C@H](CO)[C@H](O)[C@H](O)[C@H]4O)[C@H](O[C@@H]4O[C@@H](C)[C@@H](O)[C@@H](O)[C@@H]4O)[C@H]3NC(C)=O)[C@H]2NC(C)=O)O[C@@H]1O. The van der Waals surface area contributed by atoms with Gasteiger partial charge in [0.25, 0.3) is 0 Å². The smallest absolute Gasteiger partial charge is 0.217 e. The van der Waals surface area contributed by atoms with Crippen LogP contribution >= 0.6 is 0 Å². The minimum Gasteiger partial charge on any atom is -0.394 e. The predicted molar refractivity (Wildman–Crippen MR) is 264 cm³/mol. The summed E-state index contributed by atoms with van der Waals surface area (Å²) in [5.74, 6) is -2.58. The van der Waals surface area contributed by atoms with Crippen LogP contribution in [0.4, 0.5) is 0 Å². The van der Waals surface area contributed by atoms with Gasteiger partial charge in [0.05, 0.1) is 45.2 Å². The fourth-order valence-electron chi connectivity index (χ4n) is 11.0. The molecule has 37 nitrogen and oxygen atoms in total. The van der Waals surface area contributed by atoms with Gasteiger partial charge in [-0.05, 0) is 13.8 Å². The van der Waals surface area contributed by atoms with Crippen molar-refractivity contribution in [3.8, 4) is 0 Å². The maximum Gasteiger partial charge on any atom is 0.217 e. The Balaban J connectivity index is 1.18. The lowest BCUT2D eigenvalue weighted by atomic mass is 9.93. The second-order valence-electron chi connectivity index (χ2n) is 21.8. The molecule has 35 atom stereocenters. The number of nitrogens with one attached hydrogen (secondary N) is 3. The van der Waals surface area contributed by atoms with Crippen LogP contribution in [0.5, 0.6) is 0 Å². The maximum absolute atomic E-state index is 13.2. The molecule has 0 spiro atoms. The topological polar surface area (TPSA) is 571 Å². The Morgan fingerprint density at radius 2 is 0.682 bits per heavy atom. The summed E-state index contributed by atoms with van der Waals surface area (Å²) < 4.78 is 76.8. The highest BCUT2D eigenvalue weighted by molar-refractivity contribution is 5.74. The van der Waals surface area contributed by atoms with Crippen molar-refractivity contribution in [1.29, 1.82) is 0 Å². The average Bonchev–Trinajstić information content (AvgIpc) is 1.99. The lowest BCUT2D eigenvalue weighted by Gasteiger charge is -2.52. The van der Waals surface area contributed by atoms with Gasteiger partial charge in [-0.3, -0.25) is 14.4 Å². The van der Waals surface area contributed by atoms with E-state index in [9.17, 15) is 106 Å². The van der Waals surface area contributed by atoms with Crippen molar-refractivity contribution in [2.24, 2.45) is 0 Å². The fourth-order valence-corrected chi connectivity index (χ4v) is 11.0. The van der Waals surface area contributed by atoms with Crippen molar-refractivity contribution in [3.05, 3.63) is 0 Å². The third kappa shape index (κ3) is 15.3. The molecule has 0 aromatic rings. The van der Waals surface area contributed by atoms with Crippen molar-refractivity contribution in [2.45, 2.75) is 249 Å². The van der Waals surface area contributed by atoms with E-state index in [0.29, 0.717) is 0 Å². The average molecular weight is 1240 g/mol. The standard InChI is InChI=1S/C48H81N3O34/c1-11-24(59)30(65)34(69)45(74-11)84-40-23(51-15(5)58)44(80-19(9-55)37(40)81-47-36(71)32(67)26(61)16(6-52)78-47)82-39-22(50-14(4)57)43(77-18(8-54)28(39)63)73-10-20-29(64)38(21(42(72)76-20)49-13(3)56)83-48-41(33(68)27(62)17(7-53)79-48)85-46-35(70)31(66)25(60)12(2)75-46/h11-12,16-48,52-55,59-72H,6-10H2,1-5H3,(H,49,56)(H,50,57)(H,51,58)/t11-,12-,16+,17+,18+,19+,20+,21+,22+,23+,24+,25+,26-,27-,28+,29-,30+,31+,32-,33-,34-,35-,36+,37+,38+,39+,40+,41+,42-,43+,44-,45-,46-,47-,48-/m0/s1. The molecule has 492 valence electrons. The van der Waals surface area contributed by atoms with E-state index in [2.05, 4.69) is 16.0 Å². The highest BCUT2D eigenvalue weighted by Gasteiger charge is 2.59. The van der Waals surface area contributed by atoms with E-state index in [4.69, 9.17) is 61.6 Å². The summed E-state index contributed by atoms with van der Waals surface area (Å²) in [6.07, 6.45) is -59.6. The summed E-state index contributed by atoms with van der Waals surface area (Å²) in [5, 5.41) is 202. The number of carbonyl (C=O) groups is 3. The molecule has 37 heteroatoms. The molecule has 7 aliphatic heterocycles. The van der Waals surface area contributed by atoms with E-state index < -0.39 is 266 Å². The molecule has 7 aliphatic rings. The number of hydrogen-bond donors (Lipinski definition) is 21. The number of aliphatic hydroxyl groups is 18. The first-order chi connectivity index (χ1) is 40.1. The highest BCUT2D eigenvalue weighted by Crippen LogP contribution is 2.38. The molecule has 7 saturated heterocycles. The molecule has 7 heterocycles. The van der Waals surface area contributed by atoms with Gasteiger partial charge in [0.2, 0.25) is 17.7 Å². The zero-order valence-electron chi connectivity index (χ0n) is 46.3. The fraction of sp³-hybridized carbons (Fsp3) is 0.938. The van der Waals surface area contributed by atoms with Crippen LogP contribution in [0.3, 0.4) is 0 Å². The number of carbonyl (C=O) groups excluding carboxylic acids is 3. The minimum atomic E-state index is -2.13. The van der Waals surface area contributed by atoms with E-state index in [1.807, 2.05) is 0 Å². The van der Waals surface area contributed by atoms with E-state index in [0.717, 1.165) is 20.8 Å².